The van der Waals surface area contributed by atoms with Crippen LogP contribution in [0.25, 0.3) is 0 Å². The molecule has 11 nitrogen and oxygen atoms in total. The lowest BCUT2D eigenvalue weighted by molar-refractivity contribution is -0.149. The highest BCUT2D eigenvalue weighted by Gasteiger charge is 2.21. The summed E-state index contributed by atoms with van der Waals surface area (Å²) < 4.78 is 22.3. The zero-order valence-electron chi connectivity index (χ0n) is 21.9. The normalized spacial score (nSPS) is 13.4. The molecule has 1 aliphatic rings. The molecule has 1 unspecified atom stereocenters. The fraction of sp³-hybridized carbons (Fsp3) is 0.407. The minimum atomic E-state index is -0.969. The van der Waals surface area contributed by atoms with Gasteiger partial charge in [0.1, 0.15) is 23.9 Å². The lowest BCUT2D eigenvalue weighted by Gasteiger charge is -2.31. The molecule has 1 fully saturated rings. The molecule has 38 heavy (non-hydrogen) atoms. The number of benzene rings is 2. The fourth-order valence-electron chi connectivity index (χ4n) is 3.71. The molecule has 0 aliphatic carbocycles. The first-order valence-electron chi connectivity index (χ1n) is 12.6. The first-order chi connectivity index (χ1) is 18.4. The largest absolute Gasteiger partial charge is 0.497 e. The minimum absolute atomic E-state index is 0.220. The predicted octanol–water partition coefficient (Wildman–Crippen LogP) is 3.43. The van der Waals surface area contributed by atoms with Crippen LogP contribution >= 0.6 is 0 Å². The number of carbonyl (C=O) groups is 1. The highest BCUT2D eigenvalue weighted by atomic mass is 16.5. The van der Waals surface area contributed by atoms with E-state index < -0.39 is 12.1 Å². The van der Waals surface area contributed by atoms with Gasteiger partial charge in [-0.05, 0) is 55.3 Å². The van der Waals surface area contributed by atoms with Gasteiger partial charge in [0.25, 0.3) is 0 Å². The molecule has 2 aromatic carbocycles. The van der Waals surface area contributed by atoms with E-state index in [0.29, 0.717) is 49.6 Å². The number of carboxylic acids is 1. The number of methoxy groups -OCH3 is 1. The predicted molar refractivity (Wildman–Crippen MR) is 142 cm³/mol. The number of nitrogens with zero attached hydrogens (tertiary/aromatic N) is 5. The quantitative estimate of drug-likeness (QED) is 0.335. The SMILES string of the molecule is CCOC(Cc1ccc(OCCN(C)c2nc(Oc3ccc(OC)cc3)nc(N3CCC3)n2)cc1)C(=O)O. The van der Waals surface area contributed by atoms with Crippen molar-refractivity contribution in [2.24, 2.45) is 0 Å². The van der Waals surface area contributed by atoms with Gasteiger partial charge >= 0.3 is 12.0 Å². The van der Waals surface area contributed by atoms with Crippen molar-refractivity contribution in [3.63, 3.8) is 0 Å². The smallest absolute Gasteiger partial charge is 0.333 e. The summed E-state index contributed by atoms with van der Waals surface area (Å²) in [6.45, 7) is 4.84. The van der Waals surface area contributed by atoms with Crippen LogP contribution in [0.3, 0.4) is 0 Å². The molecular formula is C27H33N5O6. The van der Waals surface area contributed by atoms with Gasteiger partial charge in [-0.15, -0.1) is 0 Å². The number of hydrogen-bond acceptors (Lipinski definition) is 10. The molecule has 11 heteroatoms. The van der Waals surface area contributed by atoms with Crippen LogP contribution in [-0.2, 0) is 16.0 Å². The average Bonchev–Trinajstić information content (AvgIpc) is 2.88. The third-order valence-corrected chi connectivity index (χ3v) is 6.02. The maximum Gasteiger partial charge on any atom is 0.333 e. The molecule has 0 saturated carbocycles. The van der Waals surface area contributed by atoms with Crippen LogP contribution in [0.2, 0.25) is 0 Å². The molecule has 1 aromatic heterocycles. The van der Waals surface area contributed by atoms with Crippen LogP contribution < -0.4 is 24.0 Å². The number of aliphatic carboxylic acids is 1. The Hall–Kier alpha value is -4.12. The number of likely N-dealkylation sites (N-methyl/N-ethyl adjacent to an activating group) is 1. The maximum atomic E-state index is 11.3. The van der Waals surface area contributed by atoms with Crippen molar-refractivity contribution in [2.45, 2.75) is 25.9 Å². The van der Waals surface area contributed by atoms with E-state index in [1.165, 1.54) is 0 Å². The second kappa shape index (κ2) is 12.9. The molecule has 1 aliphatic heterocycles. The molecule has 1 N–H and O–H groups in total. The average molecular weight is 524 g/mol. The van der Waals surface area contributed by atoms with Crippen LogP contribution in [0.4, 0.5) is 11.9 Å². The summed E-state index contributed by atoms with van der Waals surface area (Å²) in [4.78, 5) is 28.9. The van der Waals surface area contributed by atoms with Gasteiger partial charge in [-0.25, -0.2) is 4.79 Å². The molecule has 202 valence electrons. The van der Waals surface area contributed by atoms with E-state index in [4.69, 9.17) is 18.9 Å². The Morgan fingerprint density at radius 1 is 1.03 bits per heavy atom. The second-order valence-electron chi connectivity index (χ2n) is 8.74. The van der Waals surface area contributed by atoms with Crippen molar-refractivity contribution >= 4 is 17.9 Å². The van der Waals surface area contributed by atoms with Gasteiger partial charge in [0.15, 0.2) is 6.10 Å². The number of aromatic nitrogens is 3. The number of rotatable bonds is 14. The monoisotopic (exact) mass is 523 g/mol. The van der Waals surface area contributed by atoms with Crippen LogP contribution in [-0.4, -0.2) is 79.1 Å². The molecule has 1 saturated heterocycles. The summed E-state index contributed by atoms with van der Waals surface area (Å²) in [6.07, 6.45) is 0.535. The summed E-state index contributed by atoms with van der Waals surface area (Å²) in [5.41, 5.74) is 0.864. The van der Waals surface area contributed by atoms with Crippen molar-refractivity contribution < 1.29 is 28.8 Å². The minimum Gasteiger partial charge on any atom is -0.497 e. The third-order valence-electron chi connectivity index (χ3n) is 6.02. The van der Waals surface area contributed by atoms with Crippen molar-refractivity contribution in [1.82, 2.24) is 15.0 Å². The van der Waals surface area contributed by atoms with Gasteiger partial charge in [0.05, 0.1) is 13.7 Å². The van der Waals surface area contributed by atoms with Gasteiger partial charge in [0, 0.05) is 33.2 Å². The Kier molecular flexibility index (Phi) is 9.15. The molecule has 0 amide bonds. The lowest BCUT2D eigenvalue weighted by atomic mass is 10.1. The summed E-state index contributed by atoms with van der Waals surface area (Å²) in [7, 11) is 3.50. The van der Waals surface area contributed by atoms with Crippen molar-refractivity contribution in [3.8, 4) is 23.3 Å². The van der Waals surface area contributed by atoms with E-state index in [0.717, 1.165) is 30.8 Å². The summed E-state index contributed by atoms with van der Waals surface area (Å²) in [6, 6.07) is 14.8. The zero-order chi connectivity index (χ0) is 26.9. The van der Waals surface area contributed by atoms with Crippen LogP contribution in [0.1, 0.15) is 18.9 Å². The van der Waals surface area contributed by atoms with Gasteiger partial charge in [-0.2, -0.15) is 15.0 Å². The first kappa shape index (κ1) is 26.9. The molecule has 0 bridgehead atoms. The van der Waals surface area contributed by atoms with E-state index in [9.17, 15) is 9.90 Å². The molecule has 0 radical (unpaired) electrons. The van der Waals surface area contributed by atoms with E-state index in [1.807, 2.05) is 48.3 Å². The topological polar surface area (TPSA) is 119 Å². The van der Waals surface area contributed by atoms with Crippen LogP contribution in [0.5, 0.6) is 23.3 Å². The van der Waals surface area contributed by atoms with Crippen LogP contribution in [0, 0.1) is 0 Å². The van der Waals surface area contributed by atoms with Gasteiger partial charge < -0.3 is 33.9 Å². The number of ether oxygens (including phenoxy) is 4. The third kappa shape index (κ3) is 7.22. The molecule has 3 aromatic rings. The van der Waals surface area contributed by atoms with Crippen molar-refractivity contribution in [1.29, 1.82) is 0 Å². The number of carboxylic acid groups (broad SMARTS) is 1. The summed E-state index contributed by atoms with van der Waals surface area (Å²) >= 11 is 0. The Morgan fingerprint density at radius 3 is 2.32 bits per heavy atom. The van der Waals surface area contributed by atoms with E-state index >= 15 is 0 Å². The van der Waals surface area contributed by atoms with Crippen LogP contribution in [0.15, 0.2) is 48.5 Å². The van der Waals surface area contributed by atoms with Crippen molar-refractivity contribution in [3.05, 3.63) is 54.1 Å². The fourth-order valence-corrected chi connectivity index (χ4v) is 3.71. The molecule has 1 atom stereocenters. The van der Waals surface area contributed by atoms with Gasteiger partial charge in [-0.1, -0.05) is 12.1 Å². The number of anilines is 2. The standard InChI is InChI=1S/C27H33N5O6/c1-4-36-23(24(33)34)18-19-6-8-21(9-7-19)37-17-16-31(2)25-28-26(32-14-5-15-32)30-27(29-25)38-22-12-10-20(35-3)11-13-22/h6-13,23H,4-5,14-18H2,1-3H3,(H,33,34). The summed E-state index contributed by atoms with van der Waals surface area (Å²) in [5, 5.41) is 9.27. The Balaban J connectivity index is 1.36. The van der Waals surface area contributed by atoms with Gasteiger partial charge in [-0.3, -0.25) is 0 Å². The molecule has 0 spiro atoms. The highest BCUT2D eigenvalue weighted by molar-refractivity contribution is 5.72. The van der Waals surface area contributed by atoms with Gasteiger partial charge in [0.2, 0.25) is 11.9 Å². The van der Waals surface area contributed by atoms with E-state index in [2.05, 4.69) is 19.9 Å². The second-order valence-corrected chi connectivity index (χ2v) is 8.74. The number of hydrogen-bond donors (Lipinski definition) is 1. The first-order valence-corrected chi connectivity index (χ1v) is 12.6. The molecule has 2 heterocycles. The highest BCUT2D eigenvalue weighted by Crippen LogP contribution is 2.26. The van der Waals surface area contributed by atoms with Crippen molar-refractivity contribution in [2.75, 3.05) is 56.8 Å². The van der Waals surface area contributed by atoms with E-state index in [1.54, 1.807) is 26.2 Å². The Morgan fingerprint density at radius 2 is 1.71 bits per heavy atom. The zero-order valence-corrected chi connectivity index (χ0v) is 21.9. The van der Waals surface area contributed by atoms with E-state index in [-0.39, 0.29) is 6.01 Å². The summed E-state index contributed by atoms with van der Waals surface area (Å²) in [5.74, 6) is 2.12. The molecular weight excluding hydrogens is 490 g/mol. The molecule has 4 rings (SSSR count). The Labute approximate surface area is 222 Å². The maximum absolute atomic E-state index is 11.3. The lowest BCUT2D eigenvalue weighted by Crippen LogP contribution is -2.39. The Bertz CT molecular complexity index is 1190.